The van der Waals surface area contributed by atoms with E-state index in [9.17, 15) is 0 Å². The summed E-state index contributed by atoms with van der Waals surface area (Å²) in [4.78, 5) is 0. The van der Waals surface area contributed by atoms with E-state index in [1.54, 1.807) is 0 Å². The molecule has 84 valence electrons. The molecular formula is C12H19BrOSi. The third kappa shape index (κ3) is 4.95. The highest BCUT2D eigenvalue weighted by atomic mass is 79.9. The second-order valence-electron chi connectivity index (χ2n) is 4.69. The van der Waals surface area contributed by atoms with Crippen molar-refractivity contribution in [2.24, 2.45) is 0 Å². The van der Waals surface area contributed by atoms with Crippen molar-refractivity contribution in [2.75, 3.05) is 11.9 Å². The molecule has 15 heavy (non-hydrogen) atoms. The second kappa shape index (κ2) is 5.82. The van der Waals surface area contributed by atoms with Gasteiger partial charge in [-0.3, -0.25) is 0 Å². The molecule has 0 bridgehead atoms. The van der Waals surface area contributed by atoms with Crippen molar-refractivity contribution in [2.45, 2.75) is 25.6 Å². The Morgan fingerprint density at radius 3 is 2.27 bits per heavy atom. The molecule has 0 amide bonds. The fourth-order valence-electron chi connectivity index (χ4n) is 1.31. The molecule has 3 heteroatoms. The van der Waals surface area contributed by atoms with E-state index in [4.69, 9.17) is 4.43 Å². The van der Waals surface area contributed by atoms with Gasteiger partial charge in [-0.05, 0) is 25.2 Å². The molecule has 1 atom stereocenters. The molecule has 0 N–H and O–H groups in total. The van der Waals surface area contributed by atoms with E-state index in [0.29, 0.717) is 5.92 Å². The number of hydrogen-bond acceptors (Lipinski definition) is 1. The predicted octanol–water partition coefficient (Wildman–Crippen LogP) is 4.02. The number of rotatable bonds is 5. The van der Waals surface area contributed by atoms with Crippen molar-refractivity contribution >= 4 is 24.2 Å². The third-order valence-corrected chi connectivity index (χ3v) is 3.99. The maximum Gasteiger partial charge on any atom is 0.183 e. The molecule has 0 aliphatic carbocycles. The van der Waals surface area contributed by atoms with Crippen LogP contribution in [-0.2, 0) is 4.43 Å². The Balaban J connectivity index is 2.58. The zero-order valence-corrected chi connectivity index (χ0v) is 12.3. The molecule has 0 aliphatic heterocycles. The molecule has 0 heterocycles. The highest BCUT2D eigenvalue weighted by Gasteiger charge is 2.18. The minimum absolute atomic E-state index is 0.470. The molecule has 1 rings (SSSR count). The van der Waals surface area contributed by atoms with Crippen molar-refractivity contribution in [3.8, 4) is 0 Å². The van der Waals surface area contributed by atoms with Crippen molar-refractivity contribution in [3.63, 3.8) is 0 Å². The maximum absolute atomic E-state index is 5.95. The van der Waals surface area contributed by atoms with E-state index >= 15 is 0 Å². The monoisotopic (exact) mass is 286 g/mol. The largest absolute Gasteiger partial charge is 0.417 e. The highest BCUT2D eigenvalue weighted by molar-refractivity contribution is 9.09. The summed E-state index contributed by atoms with van der Waals surface area (Å²) in [6, 6.07) is 10.5. The lowest BCUT2D eigenvalue weighted by Gasteiger charge is -2.22. The Hall–Kier alpha value is -0.123. The lowest BCUT2D eigenvalue weighted by Crippen LogP contribution is -2.28. The number of alkyl halides is 1. The first kappa shape index (κ1) is 12.9. The van der Waals surface area contributed by atoms with Crippen LogP contribution in [0, 0.1) is 0 Å². The van der Waals surface area contributed by atoms with Gasteiger partial charge in [-0.1, -0.05) is 46.3 Å². The van der Waals surface area contributed by atoms with Crippen LogP contribution in [0.15, 0.2) is 30.3 Å². The average Bonchev–Trinajstić information content (AvgIpc) is 2.19. The summed E-state index contributed by atoms with van der Waals surface area (Å²) < 4.78 is 5.95. The predicted molar refractivity (Wildman–Crippen MR) is 72.3 cm³/mol. The number of hydrogen-bond donors (Lipinski definition) is 0. The molecule has 0 saturated heterocycles. The first-order valence-corrected chi connectivity index (χ1v) is 9.81. The van der Waals surface area contributed by atoms with Gasteiger partial charge in [0.2, 0.25) is 0 Å². The average molecular weight is 287 g/mol. The first-order chi connectivity index (χ1) is 7.03. The standard InChI is InChI=1S/C12H19BrOSi/c1-15(2,3)14-10-12(9-13)11-7-5-4-6-8-11/h4-8,12H,9-10H2,1-3H3/t12-/m0/s1. The van der Waals surface area contributed by atoms with Crippen molar-refractivity contribution in [1.82, 2.24) is 0 Å². The molecule has 1 aromatic rings. The zero-order chi connectivity index (χ0) is 11.3. The van der Waals surface area contributed by atoms with E-state index in [2.05, 4.69) is 59.8 Å². The minimum Gasteiger partial charge on any atom is -0.417 e. The Morgan fingerprint density at radius 2 is 1.80 bits per heavy atom. The van der Waals surface area contributed by atoms with Crippen molar-refractivity contribution < 1.29 is 4.43 Å². The van der Waals surface area contributed by atoms with Gasteiger partial charge < -0.3 is 4.43 Å². The summed E-state index contributed by atoms with van der Waals surface area (Å²) in [5.41, 5.74) is 1.35. The molecule has 0 unspecified atom stereocenters. The lowest BCUT2D eigenvalue weighted by atomic mass is 10.0. The fraction of sp³-hybridized carbons (Fsp3) is 0.500. The van der Waals surface area contributed by atoms with Crippen LogP contribution in [0.4, 0.5) is 0 Å². The van der Waals surface area contributed by atoms with Gasteiger partial charge in [0.1, 0.15) is 0 Å². The van der Waals surface area contributed by atoms with Gasteiger partial charge in [-0.2, -0.15) is 0 Å². The summed E-state index contributed by atoms with van der Waals surface area (Å²) in [5.74, 6) is 0.470. The normalized spacial score (nSPS) is 13.9. The van der Waals surface area contributed by atoms with E-state index < -0.39 is 8.32 Å². The van der Waals surface area contributed by atoms with Gasteiger partial charge >= 0.3 is 0 Å². The van der Waals surface area contributed by atoms with Crippen molar-refractivity contribution in [3.05, 3.63) is 35.9 Å². The molecular weight excluding hydrogens is 268 g/mol. The Bertz CT molecular complexity index is 281. The highest BCUT2D eigenvalue weighted by Crippen LogP contribution is 2.20. The maximum atomic E-state index is 5.95. The Labute approximate surface area is 102 Å². The lowest BCUT2D eigenvalue weighted by molar-refractivity contribution is 0.292. The number of halogens is 1. The van der Waals surface area contributed by atoms with Crippen molar-refractivity contribution in [1.29, 1.82) is 0 Å². The molecule has 1 nitrogen and oxygen atoms in total. The summed E-state index contributed by atoms with van der Waals surface area (Å²) in [6.07, 6.45) is 0. The van der Waals surface area contributed by atoms with Crippen LogP contribution in [-0.4, -0.2) is 20.3 Å². The van der Waals surface area contributed by atoms with Gasteiger partial charge in [0.25, 0.3) is 0 Å². The molecule has 0 radical (unpaired) electrons. The summed E-state index contributed by atoms with van der Waals surface area (Å²) >= 11 is 3.56. The van der Waals surface area contributed by atoms with Gasteiger partial charge in [0, 0.05) is 17.9 Å². The van der Waals surface area contributed by atoms with E-state index in [1.807, 2.05) is 6.07 Å². The summed E-state index contributed by atoms with van der Waals surface area (Å²) in [5, 5.41) is 0.960. The van der Waals surface area contributed by atoms with E-state index in [1.165, 1.54) is 5.56 Å². The van der Waals surface area contributed by atoms with Gasteiger partial charge in [0.15, 0.2) is 8.32 Å². The van der Waals surface area contributed by atoms with E-state index in [0.717, 1.165) is 11.9 Å². The molecule has 0 aromatic heterocycles. The van der Waals surface area contributed by atoms with E-state index in [-0.39, 0.29) is 0 Å². The Kier molecular flexibility index (Phi) is 5.03. The molecule has 0 spiro atoms. The first-order valence-electron chi connectivity index (χ1n) is 5.28. The molecule has 1 aromatic carbocycles. The summed E-state index contributed by atoms with van der Waals surface area (Å²) in [7, 11) is -1.39. The smallest absolute Gasteiger partial charge is 0.183 e. The van der Waals surface area contributed by atoms with Crippen LogP contribution < -0.4 is 0 Å². The van der Waals surface area contributed by atoms with Crippen LogP contribution in [0.25, 0.3) is 0 Å². The van der Waals surface area contributed by atoms with Crippen LogP contribution >= 0.6 is 15.9 Å². The molecule has 0 fully saturated rings. The number of benzene rings is 1. The van der Waals surface area contributed by atoms with Gasteiger partial charge in [-0.15, -0.1) is 0 Å². The summed E-state index contributed by atoms with van der Waals surface area (Å²) in [6.45, 7) is 7.50. The molecule has 0 saturated carbocycles. The van der Waals surface area contributed by atoms with Crippen LogP contribution in [0.3, 0.4) is 0 Å². The quantitative estimate of drug-likeness (QED) is 0.587. The van der Waals surface area contributed by atoms with Crippen LogP contribution in [0.5, 0.6) is 0 Å². The van der Waals surface area contributed by atoms with Crippen LogP contribution in [0.2, 0.25) is 19.6 Å². The topological polar surface area (TPSA) is 9.23 Å². The SMILES string of the molecule is C[Si](C)(C)OC[C@H](CBr)c1ccccc1. The van der Waals surface area contributed by atoms with Gasteiger partial charge in [0.05, 0.1) is 0 Å². The fourth-order valence-corrected chi connectivity index (χ4v) is 2.57. The minimum atomic E-state index is -1.39. The van der Waals surface area contributed by atoms with Gasteiger partial charge in [-0.25, -0.2) is 0 Å². The second-order valence-corrected chi connectivity index (χ2v) is 9.85. The molecule has 0 aliphatic rings. The van der Waals surface area contributed by atoms with Crippen LogP contribution in [0.1, 0.15) is 11.5 Å². The Morgan fingerprint density at radius 1 is 1.20 bits per heavy atom. The zero-order valence-electron chi connectivity index (χ0n) is 9.66. The third-order valence-electron chi connectivity index (χ3n) is 2.17.